The van der Waals surface area contributed by atoms with Crippen LogP contribution >= 0.6 is 0 Å². The molecule has 1 aromatic carbocycles. The zero-order valence-corrected chi connectivity index (χ0v) is 15.9. The predicted molar refractivity (Wildman–Crippen MR) is 101 cm³/mol. The first-order valence-corrected chi connectivity index (χ1v) is 9.13. The SMILES string of the molecule is CCN(CC)CCNC(=O)C(=O)N[C@H]1C(=O)N(C(C)C)c2ccccc21. The molecular weight excluding hydrogens is 332 g/mol. The highest BCUT2D eigenvalue weighted by Gasteiger charge is 2.39. The van der Waals surface area contributed by atoms with E-state index >= 15 is 0 Å². The summed E-state index contributed by atoms with van der Waals surface area (Å²) in [5.41, 5.74) is 1.50. The maximum atomic E-state index is 12.7. The van der Waals surface area contributed by atoms with E-state index in [1.165, 1.54) is 0 Å². The lowest BCUT2D eigenvalue weighted by Crippen LogP contribution is -2.46. The first-order chi connectivity index (χ1) is 12.4. The second kappa shape index (κ2) is 8.80. The van der Waals surface area contributed by atoms with E-state index in [9.17, 15) is 14.4 Å². The number of carbonyl (C=O) groups is 3. The average Bonchev–Trinajstić information content (AvgIpc) is 2.90. The number of carbonyl (C=O) groups excluding carboxylic acids is 3. The summed E-state index contributed by atoms with van der Waals surface area (Å²) in [6.07, 6.45) is 0. The van der Waals surface area contributed by atoms with E-state index in [0.717, 1.165) is 24.3 Å². The monoisotopic (exact) mass is 360 g/mol. The van der Waals surface area contributed by atoms with Gasteiger partial charge >= 0.3 is 11.8 Å². The van der Waals surface area contributed by atoms with E-state index in [2.05, 4.69) is 15.5 Å². The van der Waals surface area contributed by atoms with Crippen LogP contribution in [0.2, 0.25) is 0 Å². The normalized spacial score (nSPS) is 16.2. The molecule has 7 heteroatoms. The molecule has 0 unspecified atom stereocenters. The van der Waals surface area contributed by atoms with Crippen LogP contribution in [-0.4, -0.2) is 54.8 Å². The van der Waals surface area contributed by atoms with Crippen molar-refractivity contribution in [3.63, 3.8) is 0 Å². The van der Waals surface area contributed by atoms with Gasteiger partial charge in [0.05, 0.1) is 0 Å². The minimum Gasteiger partial charge on any atom is -0.347 e. The van der Waals surface area contributed by atoms with Crippen molar-refractivity contribution in [1.29, 1.82) is 0 Å². The van der Waals surface area contributed by atoms with Gasteiger partial charge in [-0.1, -0.05) is 32.0 Å². The maximum absolute atomic E-state index is 12.7. The van der Waals surface area contributed by atoms with Gasteiger partial charge in [-0.05, 0) is 33.0 Å². The summed E-state index contributed by atoms with van der Waals surface area (Å²) in [6, 6.07) is 6.47. The minimum absolute atomic E-state index is 0.0338. The largest absolute Gasteiger partial charge is 0.347 e. The fourth-order valence-electron chi connectivity index (χ4n) is 3.16. The van der Waals surface area contributed by atoms with Crippen molar-refractivity contribution in [3.05, 3.63) is 29.8 Å². The zero-order valence-electron chi connectivity index (χ0n) is 15.9. The number of nitrogens with one attached hydrogen (secondary N) is 2. The van der Waals surface area contributed by atoms with Gasteiger partial charge in [-0.2, -0.15) is 0 Å². The molecule has 1 aromatic rings. The van der Waals surface area contributed by atoms with E-state index in [0.29, 0.717) is 13.1 Å². The molecule has 7 nitrogen and oxygen atoms in total. The van der Waals surface area contributed by atoms with Crippen molar-refractivity contribution >= 4 is 23.4 Å². The van der Waals surface area contributed by atoms with Gasteiger partial charge in [0.2, 0.25) is 0 Å². The highest BCUT2D eigenvalue weighted by atomic mass is 16.2. The van der Waals surface area contributed by atoms with Crippen molar-refractivity contribution in [1.82, 2.24) is 15.5 Å². The van der Waals surface area contributed by atoms with Crippen LogP contribution in [0.15, 0.2) is 24.3 Å². The Kier molecular flexibility index (Phi) is 6.74. The van der Waals surface area contributed by atoms with Gasteiger partial charge in [-0.3, -0.25) is 14.4 Å². The Morgan fingerprint density at radius 3 is 2.42 bits per heavy atom. The molecule has 1 heterocycles. The number of likely N-dealkylation sites (N-methyl/N-ethyl adjacent to an activating group) is 1. The molecule has 1 atom stereocenters. The molecule has 0 saturated carbocycles. The molecule has 0 fully saturated rings. The van der Waals surface area contributed by atoms with Crippen LogP contribution in [0.4, 0.5) is 5.69 Å². The highest BCUT2D eigenvalue weighted by Crippen LogP contribution is 2.36. The summed E-state index contributed by atoms with van der Waals surface area (Å²) in [4.78, 5) is 40.8. The summed E-state index contributed by atoms with van der Waals surface area (Å²) >= 11 is 0. The van der Waals surface area contributed by atoms with Gasteiger partial charge in [0, 0.05) is 30.4 Å². The number of nitrogens with zero attached hydrogens (tertiary/aromatic N) is 2. The number of amides is 3. The highest BCUT2D eigenvalue weighted by molar-refractivity contribution is 6.35. The number of rotatable bonds is 7. The molecule has 0 radical (unpaired) electrons. The number of anilines is 1. The maximum Gasteiger partial charge on any atom is 0.310 e. The summed E-state index contributed by atoms with van der Waals surface area (Å²) < 4.78 is 0. The molecule has 3 amide bonds. The Labute approximate surface area is 154 Å². The second-order valence-electron chi connectivity index (χ2n) is 6.55. The lowest BCUT2D eigenvalue weighted by atomic mass is 10.1. The second-order valence-corrected chi connectivity index (χ2v) is 6.55. The summed E-state index contributed by atoms with van der Waals surface area (Å²) in [6.45, 7) is 10.8. The van der Waals surface area contributed by atoms with Crippen LogP contribution < -0.4 is 15.5 Å². The van der Waals surface area contributed by atoms with Crippen molar-refractivity contribution in [2.75, 3.05) is 31.1 Å². The average molecular weight is 360 g/mol. The van der Waals surface area contributed by atoms with Gasteiger partial charge < -0.3 is 20.4 Å². The van der Waals surface area contributed by atoms with Gasteiger partial charge in [0.25, 0.3) is 5.91 Å². The predicted octanol–water partition coefficient (Wildman–Crippen LogP) is 1.06. The van der Waals surface area contributed by atoms with Gasteiger partial charge in [-0.15, -0.1) is 0 Å². The fraction of sp³-hybridized carbons (Fsp3) is 0.526. The lowest BCUT2D eigenvalue weighted by Gasteiger charge is -2.22. The minimum atomic E-state index is -0.824. The third-order valence-corrected chi connectivity index (χ3v) is 4.60. The Morgan fingerprint density at radius 2 is 1.81 bits per heavy atom. The van der Waals surface area contributed by atoms with Gasteiger partial charge in [0.15, 0.2) is 0 Å². The van der Waals surface area contributed by atoms with Gasteiger partial charge in [0.1, 0.15) is 6.04 Å². The molecule has 2 N–H and O–H groups in total. The molecular formula is C19H28N4O3. The molecule has 0 saturated heterocycles. The number of hydrogen-bond acceptors (Lipinski definition) is 4. The molecule has 0 spiro atoms. The van der Waals surface area contributed by atoms with Crippen LogP contribution in [0.5, 0.6) is 0 Å². The molecule has 0 aliphatic carbocycles. The lowest BCUT2D eigenvalue weighted by molar-refractivity contribution is -0.140. The third-order valence-electron chi connectivity index (χ3n) is 4.60. The Balaban J connectivity index is 2.00. The molecule has 0 aromatic heterocycles. The van der Waals surface area contributed by atoms with Crippen molar-refractivity contribution in [3.8, 4) is 0 Å². The van der Waals surface area contributed by atoms with Crippen LogP contribution in [0.3, 0.4) is 0 Å². The number of fused-ring (bicyclic) bond motifs is 1. The van der Waals surface area contributed by atoms with E-state index in [4.69, 9.17) is 0 Å². The molecule has 1 aliphatic heterocycles. The van der Waals surface area contributed by atoms with Crippen LogP contribution in [0, 0.1) is 0 Å². The van der Waals surface area contributed by atoms with E-state index in [1.54, 1.807) is 11.0 Å². The molecule has 142 valence electrons. The quantitative estimate of drug-likeness (QED) is 0.713. The standard InChI is InChI=1S/C19H28N4O3/c1-5-22(6-2)12-11-20-17(24)18(25)21-16-14-9-7-8-10-15(14)23(13(3)4)19(16)26/h7-10,13,16H,5-6,11-12H2,1-4H3,(H,20,24)(H,21,25)/t16-/m1/s1. The Morgan fingerprint density at radius 1 is 1.15 bits per heavy atom. The molecule has 26 heavy (non-hydrogen) atoms. The first-order valence-electron chi connectivity index (χ1n) is 9.13. The number of benzene rings is 1. The Bertz CT molecular complexity index is 671. The number of para-hydroxylation sites is 1. The topological polar surface area (TPSA) is 81.8 Å². The van der Waals surface area contributed by atoms with E-state index < -0.39 is 17.9 Å². The Hall–Kier alpha value is -2.41. The smallest absolute Gasteiger partial charge is 0.310 e. The van der Waals surface area contributed by atoms with Crippen molar-refractivity contribution < 1.29 is 14.4 Å². The fourth-order valence-corrected chi connectivity index (χ4v) is 3.16. The van der Waals surface area contributed by atoms with Crippen LogP contribution in [0.1, 0.15) is 39.3 Å². The zero-order chi connectivity index (χ0) is 19.3. The van der Waals surface area contributed by atoms with E-state index in [1.807, 2.05) is 45.9 Å². The number of hydrogen-bond donors (Lipinski definition) is 2. The van der Waals surface area contributed by atoms with Crippen LogP contribution in [0.25, 0.3) is 0 Å². The van der Waals surface area contributed by atoms with Crippen molar-refractivity contribution in [2.24, 2.45) is 0 Å². The van der Waals surface area contributed by atoms with Crippen molar-refractivity contribution in [2.45, 2.75) is 39.8 Å². The summed E-state index contributed by atoms with van der Waals surface area (Å²) in [5.74, 6) is -1.72. The van der Waals surface area contributed by atoms with E-state index in [-0.39, 0.29) is 11.9 Å². The summed E-state index contributed by atoms with van der Waals surface area (Å²) in [5, 5.41) is 5.19. The van der Waals surface area contributed by atoms with Crippen LogP contribution in [-0.2, 0) is 14.4 Å². The molecule has 2 rings (SSSR count). The van der Waals surface area contributed by atoms with Gasteiger partial charge in [-0.25, -0.2) is 0 Å². The molecule has 1 aliphatic rings. The molecule has 0 bridgehead atoms. The third kappa shape index (κ3) is 4.22. The summed E-state index contributed by atoms with van der Waals surface area (Å²) in [7, 11) is 0. The first kappa shape index (κ1) is 19.9.